The molecule has 1 N–H and O–H groups in total. The Bertz CT molecular complexity index is 855. The Kier molecular flexibility index (Phi) is 3.85. The highest BCUT2D eigenvalue weighted by atomic mass is 19.4. The molecular weight excluding hydrogens is 327 g/mol. The van der Waals surface area contributed by atoms with Gasteiger partial charge in [0.25, 0.3) is 5.82 Å². The Morgan fingerprint density at radius 1 is 1.21 bits per heavy atom. The van der Waals surface area contributed by atoms with E-state index in [9.17, 15) is 13.2 Å². The molecule has 24 heavy (non-hydrogen) atoms. The van der Waals surface area contributed by atoms with Crippen molar-refractivity contribution in [2.75, 3.05) is 5.32 Å². The molecule has 0 amide bonds. The van der Waals surface area contributed by atoms with Crippen molar-refractivity contribution in [2.45, 2.75) is 33.0 Å². The van der Waals surface area contributed by atoms with Gasteiger partial charge in [-0.15, -0.1) is 15.3 Å². The molecule has 3 aromatic rings. The van der Waals surface area contributed by atoms with Crippen LogP contribution in [0.2, 0.25) is 0 Å². The van der Waals surface area contributed by atoms with Crippen molar-refractivity contribution in [1.29, 1.82) is 0 Å². The lowest BCUT2D eigenvalue weighted by Gasteiger charge is -2.19. The molecule has 0 aliphatic heterocycles. The molecule has 0 saturated carbocycles. The number of fused-ring (bicyclic) bond motifs is 1. The lowest BCUT2D eigenvalue weighted by Crippen LogP contribution is -2.19. The number of nitrogens with zero attached hydrogens (tertiary/aromatic N) is 6. The molecule has 8 nitrogen and oxygen atoms in total. The lowest BCUT2D eigenvalue weighted by molar-refractivity contribution is -0.146. The van der Waals surface area contributed by atoms with Crippen LogP contribution < -0.4 is 5.32 Å². The normalized spacial score (nSPS) is 13.6. The van der Waals surface area contributed by atoms with Crippen LogP contribution in [-0.4, -0.2) is 30.0 Å². The van der Waals surface area contributed by atoms with E-state index in [1.165, 1.54) is 12.1 Å². The number of halogens is 3. The van der Waals surface area contributed by atoms with Gasteiger partial charge in [-0.3, -0.25) is 0 Å². The van der Waals surface area contributed by atoms with Gasteiger partial charge >= 0.3 is 6.18 Å². The molecule has 0 aliphatic rings. The molecule has 0 saturated heterocycles. The van der Waals surface area contributed by atoms with E-state index in [1.54, 1.807) is 6.92 Å². The van der Waals surface area contributed by atoms with E-state index in [0.29, 0.717) is 16.2 Å². The minimum absolute atomic E-state index is 0.00241. The topological polar surface area (TPSA) is 94.0 Å². The first-order valence-corrected chi connectivity index (χ1v) is 7.12. The molecule has 0 aromatic carbocycles. The van der Waals surface area contributed by atoms with Crippen LogP contribution in [0.25, 0.3) is 5.65 Å². The second-order valence-electron chi connectivity index (χ2n) is 5.56. The highest BCUT2D eigenvalue weighted by Crippen LogP contribution is 2.28. The Morgan fingerprint density at radius 2 is 1.96 bits per heavy atom. The number of hydrogen-bond donors (Lipinski definition) is 1. The maximum absolute atomic E-state index is 12.9. The number of anilines is 1. The molecule has 11 heteroatoms. The van der Waals surface area contributed by atoms with Crippen LogP contribution >= 0.6 is 0 Å². The summed E-state index contributed by atoms with van der Waals surface area (Å²) in [5.74, 6) is -0.133. The van der Waals surface area contributed by atoms with Gasteiger partial charge in [-0.05, 0) is 25.0 Å². The standard InChI is InChI=1S/C13H14F3N7O/c1-6(2)10(11-17-7(3)22-24-11)18-8-4-5-9-19-20-12(13(14,15)16)23(9)21-8/h4-6,10H,1-3H3,(H,18,21). The van der Waals surface area contributed by atoms with Gasteiger partial charge in [-0.2, -0.15) is 22.7 Å². The van der Waals surface area contributed by atoms with Crippen LogP contribution in [0, 0.1) is 12.8 Å². The fourth-order valence-electron chi connectivity index (χ4n) is 2.15. The zero-order valence-corrected chi connectivity index (χ0v) is 13.0. The lowest BCUT2D eigenvalue weighted by atomic mass is 10.0. The van der Waals surface area contributed by atoms with E-state index in [2.05, 4.69) is 30.8 Å². The minimum atomic E-state index is -4.65. The van der Waals surface area contributed by atoms with Crippen LogP contribution in [0.3, 0.4) is 0 Å². The molecule has 0 aliphatic carbocycles. The van der Waals surface area contributed by atoms with Gasteiger partial charge in [-0.1, -0.05) is 19.0 Å². The molecular formula is C13H14F3N7O. The predicted octanol–water partition coefficient (Wildman–Crippen LogP) is 2.64. The monoisotopic (exact) mass is 341 g/mol. The van der Waals surface area contributed by atoms with E-state index >= 15 is 0 Å². The van der Waals surface area contributed by atoms with Gasteiger partial charge < -0.3 is 9.84 Å². The molecule has 1 atom stereocenters. The van der Waals surface area contributed by atoms with Gasteiger partial charge in [0.15, 0.2) is 11.5 Å². The van der Waals surface area contributed by atoms with Crippen LogP contribution in [0.15, 0.2) is 16.7 Å². The highest BCUT2D eigenvalue weighted by molar-refractivity contribution is 5.45. The number of alkyl halides is 3. The van der Waals surface area contributed by atoms with E-state index in [0.717, 1.165) is 0 Å². The average molecular weight is 341 g/mol. The van der Waals surface area contributed by atoms with E-state index in [-0.39, 0.29) is 17.4 Å². The minimum Gasteiger partial charge on any atom is -0.357 e. The summed E-state index contributed by atoms with van der Waals surface area (Å²) in [6, 6.07) is 2.51. The van der Waals surface area contributed by atoms with Crippen LogP contribution in [0.4, 0.5) is 19.0 Å². The molecule has 0 bridgehead atoms. The summed E-state index contributed by atoms with van der Waals surface area (Å²) in [5, 5.41) is 17.3. The Balaban J connectivity index is 1.96. The first-order chi connectivity index (χ1) is 11.3. The van der Waals surface area contributed by atoms with E-state index < -0.39 is 18.0 Å². The Morgan fingerprint density at radius 3 is 2.54 bits per heavy atom. The summed E-state index contributed by atoms with van der Waals surface area (Å²) < 4.78 is 44.6. The van der Waals surface area contributed by atoms with Crippen molar-refractivity contribution < 1.29 is 17.7 Å². The quantitative estimate of drug-likeness (QED) is 0.779. The summed E-state index contributed by atoms with van der Waals surface area (Å²) in [6.45, 7) is 5.51. The van der Waals surface area contributed by atoms with Crippen molar-refractivity contribution >= 4 is 11.5 Å². The maximum atomic E-state index is 12.9. The summed E-state index contributed by atoms with van der Waals surface area (Å²) in [4.78, 5) is 4.16. The van der Waals surface area contributed by atoms with E-state index in [1.807, 2.05) is 13.8 Å². The van der Waals surface area contributed by atoms with Gasteiger partial charge in [0, 0.05) is 0 Å². The Hall–Kier alpha value is -2.72. The molecule has 1 unspecified atom stereocenters. The van der Waals surface area contributed by atoms with Crippen molar-refractivity contribution in [3.8, 4) is 0 Å². The fourth-order valence-corrected chi connectivity index (χ4v) is 2.15. The van der Waals surface area contributed by atoms with Gasteiger partial charge in [-0.25, -0.2) is 0 Å². The highest BCUT2D eigenvalue weighted by Gasteiger charge is 2.37. The third kappa shape index (κ3) is 3.01. The van der Waals surface area contributed by atoms with E-state index in [4.69, 9.17) is 4.52 Å². The molecule has 3 heterocycles. The van der Waals surface area contributed by atoms with Crippen molar-refractivity contribution in [3.63, 3.8) is 0 Å². The number of aryl methyl sites for hydroxylation is 1. The third-order valence-corrected chi connectivity index (χ3v) is 3.30. The second kappa shape index (κ2) is 5.73. The molecule has 3 rings (SSSR count). The van der Waals surface area contributed by atoms with Gasteiger partial charge in [0.2, 0.25) is 5.89 Å². The zero-order valence-electron chi connectivity index (χ0n) is 13.0. The summed E-state index contributed by atoms with van der Waals surface area (Å²) in [6.07, 6.45) is -4.65. The van der Waals surface area contributed by atoms with Gasteiger partial charge in [0.1, 0.15) is 11.9 Å². The summed E-state index contributed by atoms with van der Waals surface area (Å²) >= 11 is 0. The first kappa shape index (κ1) is 16.1. The number of aromatic nitrogens is 6. The molecule has 0 fully saturated rings. The van der Waals surface area contributed by atoms with Crippen LogP contribution in [-0.2, 0) is 6.18 Å². The second-order valence-corrected chi connectivity index (χ2v) is 5.56. The van der Waals surface area contributed by atoms with Crippen molar-refractivity contribution in [2.24, 2.45) is 5.92 Å². The Labute approximate surface area is 134 Å². The number of hydrogen-bond acceptors (Lipinski definition) is 7. The van der Waals surface area contributed by atoms with Crippen LogP contribution in [0.5, 0.6) is 0 Å². The average Bonchev–Trinajstić information content (AvgIpc) is 3.09. The first-order valence-electron chi connectivity index (χ1n) is 7.12. The molecule has 0 radical (unpaired) electrons. The number of rotatable bonds is 4. The summed E-state index contributed by atoms with van der Waals surface area (Å²) in [5.41, 5.74) is 0.00241. The molecule has 3 aromatic heterocycles. The third-order valence-electron chi connectivity index (χ3n) is 3.30. The number of nitrogens with one attached hydrogen (secondary N) is 1. The largest absolute Gasteiger partial charge is 0.453 e. The van der Waals surface area contributed by atoms with Crippen LogP contribution in [0.1, 0.15) is 37.4 Å². The van der Waals surface area contributed by atoms with Crippen molar-refractivity contribution in [3.05, 3.63) is 29.7 Å². The maximum Gasteiger partial charge on any atom is 0.453 e. The fraction of sp³-hybridized carbons (Fsp3) is 0.462. The smallest absolute Gasteiger partial charge is 0.357 e. The molecule has 128 valence electrons. The van der Waals surface area contributed by atoms with Crippen molar-refractivity contribution in [1.82, 2.24) is 30.0 Å². The predicted molar refractivity (Wildman–Crippen MR) is 76.0 cm³/mol. The zero-order chi connectivity index (χ0) is 17.5. The SMILES string of the molecule is Cc1noc(C(Nc2ccc3nnc(C(F)(F)F)n3n2)C(C)C)n1. The van der Waals surface area contributed by atoms with Gasteiger partial charge in [0.05, 0.1) is 0 Å². The summed E-state index contributed by atoms with van der Waals surface area (Å²) in [7, 11) is 0. The molecule has 0 spiro atoms.